The molecule has 3 rings (SSSR count). The molecule has 0 aromatic heterocycles. The number of hydrogen-bond acceptors (Lipinski definition) is 9. The fraction of sp³-hybridized carbons (Fsp3) is 0.718. The van der Waals surface area contributed by atoms with Crippen LogP contribution >= 0.6 is 25.7 Å². The molecule has 0 radical (unpaired) electrons. The summed E-state index contributed by atoms with van der Waals surface area (Å²) in [6.45, 7) is 20.5. The second-order valence-electron chi connectivity index (χ2n) is 15.8. The van der Waals surface area contributed by atoms with E-state index in [0.717, 1.165) is 37.2 Å². The maximum absolute atomic E-state index is 14.1. The number of amides is 5. The minimum Gasteiger partial charge on any atom is -0.363 e. The van der Waals surface area contributed by atoms with Crippen LogP contribution in [0.2, 0.25) is 0 Å². The Kier molecular flexibility index (Phi) is 23.1. The molecule has 1 heterocycles. The first kappa shape index (κ1) is 51.0. The van der Waals surface area contributed by atoms with Gasteiger partial charge in [0.15, 0.2) is 0 Å². The number of carbonyl (C=O) groups is 5. The number of primary amides is 1. The van der Waals surface area contributed by atoms with Crippen molar-refractivity contribution in [3.63, 3.8) is 0 Å². The van der Waals surface area contributed by atoms with Gasteiger partial charge < -0.3 is 26.6 Å². The van der Waals surface area contributed by atoms with Gasteiger partial charge in [-0.1, -0.05) is 113 Å². The largest absolute Gasteiger partial charge is 0.363 e. The summed E-state index contributed by atoms with van der Waals surface area (Å²) in [7, 11) is 3.69. The Hall–Kier alpha value is -3.01. The van der Waals surface area contributed by atoms with E-state index < -0.39 is 47.2 Å². The Morgan fingerprint density at radius 2 is 1.48 bits per heavy atom. The first-order chi connectivity index (χ1) is 24.8. The number of Topliss-reactive ketones (excluding diaryl/α,β-unsaturated/α-hetero) is 1. The fourth-order valence-electron chi connectivity index (χ4n) is 5.79. The number of likely N-dealkylation sites (N-methyl/N-ethyl adjacent to an activating group) is 1. The van der Waals surface area contributed by atoms with Crippen LogP contribution in [0.4, 0.5) is 10.5 Å². The lowest BCUT2D eigenvalue weighted by atomic mass is 9.80. The van der Waals surface area contributed by atoms with Crippen molar-refractivity contribution in [2.45, 2.75) is 138 Å². The van der Waals surface area contributed by atoms with E-state index in [1.165, 1.54) is 11.3 Å². The van der Waals surface area contributed by atoms with Gasteiger partial charge in [-0.2, -0.15) is 18.6 Å². The first-order valence-corrected chi connectivity index (χ1v) is 19.9. The number of urea groups is 1. The number of ketones is 1. The number of hydroxylamine groups is 2. The molecular weight excluding hydrogens is 727 g/mol. The molecule has 1 saturated carbocycles. The van der Waals surface area contributed by atoms with Gasteiger partial charge in [-0.3, -0.25) is 23.5 Å². The molecule has 5 amide bonds. The van der Waals surface area contributed by atoms with E-state index in [-0.39, 0.29) is 36.8 Å². The van der Waals surface area contributed by atoms with Crippen LogP contribution in [0.15, 0.2) is 30.3 Å². The molecule has 1 saturated heterocycles. The Bertz CT molecular complexity index is 1300. The van der Waals surface area contributed by atoms with Crippen LogP contribution in [0.5, 0.6) is 0 Å². The summed E-state index contributed by atoms with van der Waals surface area (Å²) in [5, 5.41) is 10.3. The number of anilines is 1. The van der Waals surface area contributed by atoms with Gasteiger partial charge in [-0.15, -0.1) is 0 Å². The molecule has 4 atom stereocenters. The maximum atomic E-state index is 14.1. The van der Waals surface area contributed by atoms with Gasteiger partial charge in [0.1, 0.15) is 24.3 Å². The lowest BCUT2D eigenvalue weighted by molar-refractivity contribution is -0.143. The van der Waals surface area contributed by atoms with Crippen LogP contribution in [0.3, 0.4) is 0 Å². The van der Waals surface area contributed by atoms with Gasteiger partial charge >= 0.3 is 6.03 Å². The lowest BCUT2D eigenvalue weighted by Gasteiger charge is -2.38. The minimum absolute atomic E-state index is 0. The van der Waals surface area contributed by atoms with Crippen molar-refractivity contribution in [3.8, 4) is 0 Å². The summed E-state index contributed by atoms with van der Waals surface area (Å²) in [5.74, 6) is -2.57. The normalized spacial score (nSPS) is 17.1. The van der Waals surface area contributed by atoms with Crippen LogP contribution in [-0.2, 0) is 23.5 Å². The summed E-state index contributed by atoms with van der Waals surface area (Å²) >= 11 is 1.16. The number of nitrogens with one attached hydrogen (secondary N) is 3. The number of nitrogens with zero attached hydrogens (tertiary/aromatic N) is 3. The number of carbonyl (C=O) groups excluding carboxylic acids is 5. The number of likely N-dealkylation sites (tertiary alicyclic amines) is 1. The number of hydrogen-bond donors (Lipinski definition) is 4. The Morgan fingerprint density at radius 1 is 0.907 bits per heavy atom. The third kappa shape index (κ3) is 16.8. The SMILES string of the molecule is CC.CCC.CN(CC(NC(=O)NC(C(=O)N1CCCC1C(=O)NC(CC1CCC1)C(=O)C(N)=O)C(C)(C)C)C(C)(C)C)OSN(C)c1ccccc1.S. The molecule has 1 aliphatic carbocycles. The van der Waals surface area contributed by atoms with E-state index in [2.05, 4.69) is 29.8 Å². The fourth-order valence-corrected chi connectivity index (χ4v) is 6.28. The molecule has 310 valence electrons. The van der Waals surface area contributed by atoms with Crippen molar-refractivity contribution in [3.05, 3.63) is 30.3 Å². The van der Waals surface area contributed by atoms with Crippen LogP contribution in [-0.4, -0.2) is 90.9 Å². The molecule has 1 aromatic rings. The topological polar surface area (TPSA) is 166 Å². The summed E-state index contributed by atoms with van der Waals surface area (Å²) in [6, 6.07) is 6.11. The maximum Gasteiger partial charge on any atom is 0.315 e. The zero-order chi connectivity index (χ0) is 40.5. The van der Waals surface area contributed by atoms with Crippen LogP contribution in [0, 0.1) is 16.7 Å². The van der Waals surface area contributed by atoms with Gasteiger partial charge in [0, 0.05) is 32.9 Å². The molecule has 5 N–H and O–H groups in total. The Labute approximate surface area is 336 Å². The standard InChI is InChI=1S/C34H55N7O6S.C3H8.C2H6.H2S/c1-33(2,3)26(21-39(7)47-48-40(8)23-16-10-9-11-17-23)37-32(46)38-28(34(4,5)6)31(45)41-19-13-18-25(41)30(44)36-24(27(42)29(35)43)20-22-14-12-15-22;1-3-2;1-2;/h9-11,16-17,22,24-26,28H,12-15,18-21H2,1-8H3,(H2,35,43)(H,36,44)(H2,37,38,46);3H2,1-2H3;1-2H3;1H2. The zero-order valence-corrected chi connectivity index (χ0v) is 36.7. The second kappa shape index (κ2) is 24.5. The first-order valence-electron chi connectivity index (χ1n) is 19.2. The van der Waals surface area contributed by atoms with E-state index in [1.54, 1.807) is 12.1 Å². The van der Waals surface area contributed by atoms with Gasteiger partial charge in [-0.25, -0.2) is 9.08 Å². The smallest absolute Gasteiger partial charge is 0.315 e. The summed E-state index contributed by atoms with van der Waals surface area (Å²) in [4.78, 5) is 66.8. The number of benzene rings is 1. The van der Waals surface area contributed by atoms with Gasteiger partial charge in [0.05, 0.1) is 12.1 Å². The monoisotopic (exact) mass is 797 g/mol. The van der Waals surface area contributed by atoms with E-state index >= 15 is 0 Å². The van der Waals surface area contributed by atoms with E-state index in [9.17, 15) is 24.0 Å². The molecule has 1 aliphatic heterocycles. The van der Waals surface area contributed by atoms with Crippen molar-refractivity contribution in [2.24, 2.45) is 22.5 Å². The van der Waals surface area contributed by atoms with Crippen molar-refractivity contribution in [1.29, 1.82) is 0 Å². The molecule has 1 aromatic carbocycles. The average molecular weight is 798 g/mol. The third-order valence-corrected chi connectivity index (χ3v) is 9.83. The van der Waals surface area contributed by atoms with Crippen LogP contribution in [0.1, 0.15) is 114 Å². The molecule has 2 fully saturated rings. The molecule has 15 heteroatoms. The molecule has 54 heavy (non-hydrogen) atoms. The molecular formula is C39H71N7O6S2. The van der Waals surface area contributed by atoms with Crippen molar-refractivity contribution < 1.29 is 28.3 Å². The summed E-state index contributed by atoms with van der Waals surface area (Å²) in [6.07, 6.45) is 5.48. The molecule has 13 nitrogen and oxygen atoms in total. The minimum atomic E-state index is -1.09. The molecule has 4 unspecified atom stereocenters. The molecule has 2 aliphatic rings. The highest BCUT2D eigenvalue weighted by atomic mass is 32.2. The van der Waals surface area contributed by atoms with Gasteiger partial charge in [-0.05, 0) is 48.1 Å². The quantitative estimate of drug-likeness (QED) is 0.0726. The zero-order valence-electron chi connectivity index (χ0n) is 34.9. The number of para-hydroxylation sites is 1. The van der Waals surface area contributed by atoms with Crippen molar-refractivity contribution >= 4 is 60.9 Å². The highest BCUT2D eigenvalue weighted by molar-refractivity contribution is 7.96. The van der Waals surface area contributed by atoms with E-state index in [4.69, 9.17) is 10.0 Å². The number of nitrogens with two attached hydrogens (primary N) is 1. The molecule has 0 spiro atoms. The summed E-state index contributed by atoms with van der Waals surface area (Å²) < 4.78 is 7.77. The van der Waals surface area contributed by atoms with E-state index in [1.807, 2.05) is 97.1 Å². The highest BCUT2D eigenvalue weighted by Gasteiger charge is 2.43. The van der Waals surface area contributed by atoms with Gasteiger partial charge in [0.2, 0.25) is 17.6 Å². The van der Waals surface area contributed by atoms with Crippen LogP contribution in [0.25, 0.3) is 0 Å². The van der Waals surface area contributed by atoms with Crippen LogP contribution < -0.4 is 26.0 Å². The predicted octanol–water partition coefficient (Wildman–Crippen LogP) is 5.95. The predicted molar refractivity (Wildman–Crippen MR) is 225 cm³/mol. The summed E-state index contributed by atoms with van der Waals surface area (Å²) in [5.41, 5.74) is 5.21. The van der Waals surface area contributed by atoms with Crippen molar-refractivity contribution in [1.82, 2.24) is 25.9 Å². The highest BCUT2D eigenvalue weighted by Crippen LogP contribution is 2.31. The third-order valence-electron chi connectivity index (χ3n) is 9.08. The van der Waals surface area contributed by atoms with Crippen molar-refractivity contribution in [2.75, 3.05) is 31.5 Å². The number of rotatable bonds is 15. The second-order valence-corrected chi connectivity index (χ2v) is 16.7. The van der Waals surface area contributed by atoms with Gasteiger partial charge in [0.25, 0.3) is 5.91 Å². The van der Waals surface area contributed by atoms with E-state index in [0.29, 0.717) is 32.4 Å². The lowest BCUT2D eigenvalue weighted by Crippen LogP contribution is -2.61. The average Bonchev–Trinajstić information content (AvgIpc) is 3.57. The Balaban J connectivity index is 0.00000445. The Morgan fingerprint density at radius 3 is 1.96 bits per heavy atom. The molecule has 0 bridgehead atoms.